The van der Waals surface area contributed by atoms with Gasteiger partial charge in [0.1, 0.15) is 6.04 Å². The molecular formula is C12H22ClN3O2S. The molecule has 1 unspecified atom stereocenters. The van der Waals surface area contributed by atoms with Crippen molar-refractivity contribution in [1.29, 1.82) is 0 Å². The number of thioether (sulfide) groups is 1. The van der Waals surface area contributed by atoms with Crippen molar-refractivity contribution in [2.45, 2.75) is 31.7 Å². The zero-order chi connectivity index (χ0) is 13.0. The average molecular weight is 308 g/mol. The lowest BCUT2D eigenvalue weighted by Gasteiger charge is -2.25. The zero-order valence-electron chi connectivity index (χ0n) is 11.0. The normalized spacial score (nSPS) is 23.2. The molecule has 110 valence electrons. The van der Waals surface area contributed by atoms with Crippen LogP contribution in [0, 0.1) is 5.92 Å². The van der Waals surface area contributed by atoms with E-state index in [2.05, 4.69) is 5.32 Å². The van der Waals surface area contributed by atoms with Crippen LogP contribution in [0.15, 0.2) is 0 Å². The topological polar surface area (TPSA) is 75.4 Å². The van der Waals surface area contributed by atoms with Crippen molar-refractivity contribution in [2.75, 3.05) is 24.7 Å². The largest absolute Gasteiger partial charge is 0.353 e. The van der Waals surface area contributed by atoms with Crippen LogP contribution in [0.3, 0.4) is 0 Å². The van der Waals surface area contributed by atoms with E-state index in [1.165, 1.54) is 0 Å². The smallest absolute Gasteiger partial charge is 0.243 e. The van der Waals surface area contributed by atoms with E-state index in [4.69, 9.17) is 5.73 Å². The fourth-order valence-electron chi connectivity index (χ4n) is 2.60. The van der Waals surface area contributed by atoms with E-state index in [0.717, 1.165) is 25.7 Å². The third-order valence-electron chi connectivity index (χ3n) is 3.62. The molecule has 19 heavy (non-hydrogen) atoms. The Morgan fingerprint density at radius 2 is 2.00 bits per heavy atom. The molecule has 1 saturated carbocycles. The van der Waals surface area contributed by atoms with Crippen molar-refractivity contribution in [1.82, 2.24) is 10.2 Å². The molecule has 3 N–H and O–H groups in total. The Balaban J connectivity index is 0.00000180. The minimum atomic E-state index is -0.297. The van der Waals surface area contributed by atoms with Gasteiger partial charge in [-0.1, -0.05) is 12.8 Å². The van der Waals surface area contributed by atoms with Gasteiger partial charge in [0.15, 0.2) is 0 Å². The first-order valence-corrected chi connectivity index (χ1v) is 7.75. The standard InChI is InChI=1S/C12H21N3O2S.ClH/c13-5-6-14-11(16)10-7-18-8-15(10)12(17)9-3-1-2-4-9;/h9-10H,1-8,13H2,(H,14,16);1H. The maximum absolute atomic E-state index is 12.3. The van der Waals surface area contributed by atoms with Crippen LogP contribution >= 0.6 is 24.2 Å². The lowest BCUT2D eigenvalue weighted by molar-refractivity contribution is -0.141. The molecule has 0 aromatic rings. The summed E-state index contributed by atoms with van der Waals surface area (Å²) in [4.78, 5) is 26.1. The first-order valence-electron chi connectivity index (χ1n) is 6.60. The molecule has 0 spiro atoms. The Bertz CT molecular complexity index is 324. The highest BCUT2D eigenvalue weighted by Gasteiger charge is 2.37. The average Bonchev–Trinajstić information content (AvgIpc) is 3.04. The molecule has 1 atom stereocenters. The quantitative estimate of drug-likeness (QED) is 0.796. The first kappa shape index (κ1) is 16.6. The van der Waals surface area contributed by atoms with Crippen molar-refractivity contribution < 1.29 is 9.59 Å². The zero-order valence-corrected chi connectivity index (χ0v) is 12.6. The van der Waals surface area contributed by atoms with Gasteiger partial charge in [0.05, 0.1) is 5.88 Å². The van der Waals surface area contributed by atoms with Gasteiger partial charge in [-0.05, 0) is 12.8 Å². The Morgan fingerprint density at radius 3 is 2.63 bits per heavy atom. The van der Waals surface area contributed by atoms with Gasteiger partial charge < -0.3 is 16.0 Å². The minimum absolute atomic E-state index is 0. The van der Waals surface area contributed by atoms with Crippen molar-refractivity contribution in [3.05, 3.63) is 0 Å². The van der Waals surface area contributed by atoms with Crippen LogP contribution < -0.4 is 11.1 Å². The number of carbonyl (C=O) groups is 2. The maximum Gasteiger partial charge on any atom is 0.243 e. The van der Waals surface area contributed by atoms with Crippen molar-refractivity contribution in [3.63, 3.8) is 0 Å². The number of hydrogen-bond donors (Lipinski definition) is 2. The highest BCUT2D eigenvalue weighted by atomic mass is 35.5. The second-order valence-corrected chi connectivity index (χ2v) is 5.88. The number of nitrogens with two attached hydrogens (primary N) is 1. The number of hydrogen-bond acceptors (Lipinski definition) is 4. The van der Waals surface area contributed by atoms with Crippen LogP contribution in [0.25, 0.3) is 0 Å². The summed E-state index contributed by atoms with van der Waals surface area (Å²) < 4.78 is 0. The Morgan fingerprint density at radius 1 is 1.32 bits per heavy atom. The molecule has 1 aliphatic carbocycles. The molecule has 5 nitrogen and oxygen atoms in total. The maximum atomic E-state index is 12.3. The first-order chi connectivity index (χ1) is 8.74. The SMILES string of the molecule is Cl.NCCNC(=O)C1CSCN1C(=O)C1CCCC1. The van der Waals surface area contributed by atoms with E-state index in [1.807, 2.05) is 0 Å². The van der Waals surface area contributed by atoms with Gasteiger partial charge in [0, 0.05) is 24.8 Å². The van der Waals surface area contributed by atoms with Gasteiger partial charge in [-0.2, -0.15) is 0 Å². The second-order valence-electron chi connectivity index (χ2n) is 4.88. The van der Waals surface area contributed by atoms with Crippen LogP contribution in [0.1, 0.15) is 25.7 Å². The number of rotatable bonds is 4. The highest BCUT2D eigenvalue weighted by Crippen LogP contribution is 2.30. The van der Waals surface area contributed by atoms with E-state index >= 15 is 0 Å². The molecule has 2 fully saturated rings. The molecule has 0 aromatic carbocycles. The lowest BCUT2D eigenvalue weighted by Crippen LogP contribution is -2.49. The fraction of sp³-hybridized carbons (Fsp3) is 0.833. The van der Waals surface area contributed by atoms with E-state index in [-0.39, 0.29) is 36.2 Å². The third kappa shape index (κ3) is 4.00. The predicted molar refractivity (Wildman–Crippen MR) is 79.2 cm³/mol. The summed E-state index contributed by atoms with van der Waals surface area (Å²) in [5.41, 5.74) is 5.37. The van der Waals surface area contributed by atoms with Crippen LogP contribution in [0.4, 0.5) is 0 Å². The molecule has 1 saturated heterocycles. The van der Waals surface area contributed by atoms with Gasteiger partial charge >= 0.3 is 0 Å². The predicted octanol–water partition coefficient (Wildman–Crippen LogP) is 0.575. The van der Waals surface area contributed by atoms with E-state index in [1.54, 1.807) is 16.7 Å². The Kier molecular flexibility index (Phi) is 6.96. The summed E-state index contributed by atoms with van der Waals surface area (Å²) in [7, 11) is 0. The molecular weight excluding hydrogens is 286 g/mol. The summed E-state index contributed by atoms with van der Waals surface area (Å²) in [6.07, 6.45) is 4.25. The van der Waals surface area contributed by atoms with Crippen LogP contribution in [-0.2, 0) is 9.59 Å². The van der Waals surface area contributed by atoms with Gasteiger partial charge in [-0.15, -0.1) is 24.2 Å². The number of nitrogens with one attached hydrogen (secondary N) is 1. The van der Waals surface area contributed by atoms with Crippen molar-refractivity contribution in [2.24, 2.45) is 11.7 Å². The van der Waals surface area contributed by atoms with E-state index in [0.29, 0.717) is 24.7 Å². The molecule has 0 aromatic heterocycles. The summed E-state index contributed by atoms with van der Waals surface area (Å²) in [6, 6.07) is -0.297. The van der Waals surface area contributed by atoms with E-state index in [9.17, 15) is 9.59 Å². The summed E-state index contributed by atoms with van der Waals surface area (Å²) in [6.45, 7) is 0.910. The summed E-state index contributed by atoms with van der Waals surface area (Å²) in [5, 5.41) is 2.78. The fourth-order valence-corrected chi connectivity index (χ4v) is 3.76. The Hall–Kier alpha value is -0.460. The van der Waals surface area contributed by atoms with Crippen molar-refractivity contribution >= 4 is 36.0 Å². The number of carbonyl (C=O) groups excluding carboxylic acids is 2. The van der Waals surface area contributed by atoms with Gasteiger partial charge in [0.2, 0.25) is 11.8 Å². The Labute approximate surface area is 124 Å². The second kappa shape index (κ2) is 7.97. The highest BCUT2D eigenvalue weighted by molar-refractivity contribution is 7.99. The van der Waals surface area contributed by atoms with Crippen LogP contribution in [0.2, 0.25) is 0 Å². The summed E-state index contributed by atoms with van der Waals surface area (Å²) in [5.74, 6) is 1.61. The molecule has 2 amide bonds. The van der Waals surface area contributed by atoms with Gasteiger partial charge in [0.25, 0.3) is 0 Å². The third-order valence-corrected chi connectivity index (χ3v) is 4.63. The number of nitrogens with zero attached hydrogens (tertiary/aromatic N) is 1. The molecule has 0 bridgehead atoms. The van der Waals surface area contributed by atoms with Gasteiger partial charge in [-0.3, -0.25) is 9.59 Å². The van der Waals surface area contributed by atoms with E-state index < -0.39 is 0 Å². The monoisotopic (exact) mass is 307 g/mol. The molecule has 2 aliphatic rings. The molecule has 2 rings (SSSR count). The molecule has 1 aliphatic heterocycles. The van der Waals surface area contributed by atoms with Gasteiger partial charge in [-0.25, -0.2) is 0 Å². The minimum Gasteiger partial charge on any atom is -0.353 e. The molecule has 1 heterocycles. The molecule has 0 radical (unpaired) electrons. The van der Waals surface area contributed by atoms with Crippen molar-refractivity contribution in [3.8, 4) is 0 Å². The summed E-state index contributed by atoms with van der Waals surface area (Å²) >= 11 is 1.65. The lowest BCUT2D eigenvalue weighted by atomic mass is 10.1. The van der Waals surface area contributed by atoms with Crippen LogP contribution in [0.5, 0.6) is 0 Å². The molecule has 7 heteroatoms. The number of amides is 2. The van der Waals surface area contributed by atoms with Crippen LogP contribution in [-0.4, -0.2) is 47.5 Å². The number of halogens is 1.